The molecule has 0 aliphatic rings. The Morgan fingerprint density at radius 3 is 2.52 bits per heavy atom. The Balaban J connectivity index is 1.99. The molecule has 0 fully saturated rings. The van der Waals surface area contributed by atoms with Gasteiger partial charge in [0.25, 0.3) is 0 Å². The van der Waals surface area contributed by atoms with E-state index in [2.05, 4.69) is 5.32 Å². The van der Waals surface area contributed by atoms with E-state index in [-0.39, 0.29) is 11.1 Å². The summed E-state index contributed by atoms with van der Waals surface area (Å²) in [4.78, 5) is 2.12. The minimum absolute atomic E-state index is 0.106. The standard InChI is InChI=1S/C15H10Cl2FNS2/c16-9-3-1-4-10(14(9)18)19-15(11-5-2-8-20-11)12-6-7-13(17)21-12/h1-8,15,19H. The number of nitrogens with one attached hydrogen (secondary N) is 1. The van der Waals surface area contributed by atoms with Crippen molar-refractivity contribution in [1.82, 2.24) is 0 Å². The van der Waals surface area contributed by atoms with Gasteiger partial charge in [0.1, 0.15) is 0 Å². The van der Waals surface area contributed by atoms with Gasteiger partial charge in [-0.1, -0.05) is 35.3 Å². The molecule has 3 aromatic rings. The van der Waals surface area contributed by atoms with Crippen LogP contribution in [0.1, 0.15) is 15.8 Å². The maximum atomic E-state index is 14.1. The number of thiophene rings is 2. The molecule has 0 saturated carbocycles. The van der Waals surface area contributed by atoms with Crippen LogP contribution in [0.2, 0.25) is 9.36 Å². The summed E-state index contributed by atoms with van der Waals surface area (Å²) < 4.78 is 14.8. The van der Waals surface area contributed by atoms with Gasteiger partial charge in [-0.25, -0.2) is 4.39 Å². The third-order valence-electron chi connectivity index (χ3n) is 2.96. The topological polar surface area (TPSA) is 12.0 Å². The first-order valence-electron chi connectivity index (χ1n) is 6.14. The molecular weight excluding hydrogens is 348 g/mol. The molecule has 6 heteroatoms. The van der Waals surface area contributed by atoms with Crippen molar-refractivity contribution in [3.05, 3.63) is 72.8 Å². The van der Waals surface area contributed by atoms with Gasteiger partial charge in [-0.05, 0) is 35.7 Å². The highest BCUT2D eigenvalue weighted by Gasteiger charge is 2.19. The first kappa shape index (κ1) is 14.9. The van der Waals surface area contributed by atoms with Gasteiger partial charge in [0.15, 0.2) is 5.82 Å². The van der Waals surface area contributed by atoms with Crippen LogP contribution in [-0.2, 0) is 0 Å². The van der Waals surface area contributed by atoms with E-state index in [0.29, 0.717) is 10.0 Å². The molecule has 0 amide bonds. The first-order chi connectivity index (χ1) is 10.1. The molecule has 1 unspecified atom stereocenters. The van der Waals surface area contributed by atoms with E-state index in [0.717, 1.165) is 9.75 Å². The Bertz CT molecular complexity index is 740. The maximum Gasteiger partial charge on any atom is 0.164 e. The first-order valence-corrected chi connectivity index (χ1v) is 8.59. The Morgan fingerprint density at radius 1 is 1.00 bits per heavy atom. The molecule has 0 aliphatic heterocycles. The Hall–Kier alpha value is -1.07. The fourth-order valence-corrected chi connectivity index (χ4v) is 4.17. The van der Waals surface area contributed by atoms with E-state index in [4.69, 9.17) is 23.2 Å². The van der Waals surface area contributed by atoms with E-state index in [9.17, 15) is 4.39 Å². The molecule has 2 aromatic heterocycles. The highest BCUT2D eigenvalue weighted by Crippen LogP contribution is 2.36. The van der Waals surface area contributed by atoms with Crippen molar-refractivity contribution >= 4 is 51.6 Å². The van der Waals surface area contributed by atoms with Crippen LogP contribution < -0.4 is 5.32 Å². The third-order valence-corrected chi connectivity index (χ3v) is 5.48. The van der Waals surface area contributed by atoms with Crippen molar-refractivity contribution in [2.75, 3.05) is 5.32 Å². The molecule has 2 heterocycles. The summed E-state index contributed by atoms with van der Waals surface area (Å²) in [6.45, 7) is 0. The summed E-state index contributed by atoms with van der Waals surface area (Å²) in [6, 6.07) is 12.6. The summed E-state index contributed by atoms with van der Waals surface area (Å²) in [5.41, 5.74) is 0.380. The summed E-state index contributed by atoms with van der Waals surface area (Å²) in [5, 5.41) is 5.32. The molecule has 108 valence electrons. The molecule has 0 spiro atoms. The molecule has 0 bridgehead atoms. The second-order valence-corrected chi connectivity index (χ2v) is 7.47. The number of halogens is 3. The lowest BCUT2D eigenvalue weighted by atomic mass is 10.2. The lowest BCUT2D eigenvalue weighted by molar-refractivity contribution is 0.629. The number of hydrogen-bond donors (Lipinski definition) is 1. The minimum atomic E-state index is -0.441. The van der Waals surface area contributed by atoms with Gasteiger partial charge in [-0.3, -0.25) is 0 Å². The Kier molecular flexibility index (Phi) is 4.50. The van der Waals surface area contributed by atoms with Gasteiger partial charge in [0, 0.05) is 9.75 Å². The van der Waals surface area contributed by atoms with Crippen molar-refractivity contribution in [2.45, 2.75) is 6.04 Å². The fourth-order valence-electron chi connectivity index (χ4n) is 1.99. The van der Waals surface area contributed by atoms with Crippen LogP contribution in [0.4, 0.5) is 10.1 Å². The second-order valence-electron chi connectivity index (χ2n) is 4.34. The fraction of sp³-hybridized carbons (Fsp3) is 0.0667. The largest absolute Gasteiger partial charge is 0.370 e. The van der Waals surface area contributed by atoms with Gasteiger partial charge < -0.3 is 5.32 Å². The zero-order valence-corrected chi connectivity index (χ0v) is 13.8. The number of anilines is 1. The average molecular weight is 358 g/mol. The highest BCUT2D eigenvalue weighted by molar-refractivity contribution is 7.16. The van der Waals surface area contributed by atoms with Crippen molar-refractivity contribution in [2.24, 2.45) is 0 Å². The van der Waals surface area contributed by atoms with Crippen LogP contribution in [0.25, 0.3) is 0 Å². The van der Waals surface area contributed by atoms with Crippen LogP contribution in [0.5, 0.6) is 0 Å². The molecule has 0 saturated heterocycles. The van der Waals surface area contributed by atoms with Crippen LogP contribution in [-0.4, -0.2) is 0 Å². The minimum Gasteiger partial charge on any atom is -0.370 e. The average Bonchev–Trinajstić information content (AvgIpc) is 3.12. The van der Waals surface area contributed by atoms with Crippen molar-refractivity contribution in [3.8, 4) is 0 Å². The van der Waals surface area contributed by atoms with Gasteiger partial charge in [-0.2, -0.15) is 0 Å². The zero-order chi connectivity index (χ0) is 14.8. The number of rotatable bonds is 4. The van der Waals surface area contributed by atoms with E-state index in [1.54, 1.807) is 23.5 Å². The Morgan fingerprint density at radius 2 is 1.86 bits per heavy atom. The molecule has 1 atom stereocenters. The van der Waals surface area contributed by atoms with Crippen LogP contribution >= 0.6 is 45.9 Å². The van der Waals surface area contributed by atoms with Gasteiger partial charge in [-0.15, -0.1) is 22.7 Å². The lowest BCUT2D eigenvalue weighted by Crippen LogP contribution is -2.10. The van der Waals surface area contributed by atoms with Crippen molar-refractivity contribution in [3.63, 3.8) is 0 Å². The second kappa shape index (κ2) is 6.36. The van der Waals surface area contributed by atoms with E-state index < -0.39 is 5.82 Å². The SMILES string of the molecule is Fc1c(Cl)cccc1NC(c1cccs1)c1ccc(Cl)s1. The maximum absolute atomic E-state index is 14.1. The predicted octanol–water partition coefficient (Wildman–Crippen LogP) is 6.46. The van der Waals surface area contributed by atoms with Crippen LogP contribution in [0, 0.1) is 5.82 Å². The monoisotopic (exact) mass is 357 g/mol. The molecule has 1 nitrogen and oxygen atoms in total. The summed E-state index contributed by atoms with van der Waals surface area (Å²) in [5.74, 6) is -0.441. The molecule has 3 rings (SSSR count). The number of benzene rings is 1. The third kappa shape index (κ3) is 3.24. The summed E-state index contributed by atoms with van der Waals surface area (Å²) in [7, 11) is 0. The number of hydrogen-bond acceptors (Lipinski definition) is 3. The smallest absolute Gasteiger partial charge is 0.164 e. The summed E-state index contributed by atoms with van der Waals surface area (Å²) in [6.07, 6.45) is 0. The van der Waals surface area contributed by atoms with Crippen molar-refractivity contribution < 1.29 is 4.39 Å². The van der Waals surface area contributed by atoms with Crippen molar-refractivity contribution in [1.29, 1.82) is 0 Å². The van der Waals surface area contributed by atoms with Gasteiger partial charge in [0.2, 0.25) is 0 Å². The molecular formula is C15H10Cl2FNS2. The molecule has 0 radical (unpaired) electrons. The zero-order valence-electron chi connectivity index (χ0n) is 10.6. The van der Waals surface area contributed by atoms with Gasteiger partial charge in [0.05, 0.1) is 21.1 Å². The normalized spacial score (nSPS) is 12.3. The molecule has 0 aliphatic carbocycles. The van der Waals surface area contributed by atoms with E-state index in [1.807, 2.05) is 29.6 Å². The Labute approximate surface area is 140 Å². The highest BCUT2D eigenvalue weighted by atomic mass is 35.5. The summed E-state index contributed by atoms with van der Waals surface area (Å²) >= 11 is 15.0. The predicted molar refractivity (Wildman–Crippen MR) is 90.5 cm³/mol. The van der Waals surface area contributed by atoms with E-state index >= 15 is 0 Å². The van der Waals surface area contributed by atoms with Gasteiger partial charge >= 0.3 is 0 Å². The van der Waals surface area contributed by atoms with E-state index in [1.165, 1.54) is 17.4 Å². The molecule has 1 N–H and O–H groups in total. The van der Waals surface area contributed by atoms with Crippen LogP contribution in [0.3, 0.4) is 0 Å². The molecule has 1 aromatic carbocycles. The van der Waals surface area contributed by atoms with Crippen LogP contribution in [0.15, 0.2) is 47.8 Å². The lowest BCUT2D eigenvalue weighted by Gasteiger charge is -2.18. The quantitative estimate of drug-likeness (QED) is 0.565. The molecule has 21 heavy (non-hydrogen) atoms.